The summed E-state index contributed by atoms with van der Waals surface area (Å²) < 4.78 is 21.6. The predicted molar refractivity (Wildman–Crippen MR) is 52.9 cm³/mol. The first-order chi connectivity index (χ1) is 6.49. The van der Waals surface area contributed by atoms with Crippen LogP contribution in [-0.2, 0) is 9.84 Å². The van der Waals surface area contributed by atoms with Crippen molar-refractivity contribution in [2.75, 3.05) is 12.0 Å². The monoisotopic (exact) mass is 213 g/mol. The molecule has 0 aromatic carbocycles. The average molecular weight is 213 g/mol. The molecule has 1 aromatic heterocycles. The minimum absolute atomic E-state index is 0.00412. The second kappa shape index (κ2) is 4.32. The van der Waals surface area contributed by atoms with Crippen molar-refractivity contribution in [1.29, 1.82) is 0 Å². The van der Waals surface area contributed by atoms with Gasteiger partial charge in [0.25, 0.3) is 0 Å². The lowest BCUT2D eigenvalue weighted by Crippen LogP contribution is -2.10. The Morgan fingerprint density at radius 3 is 2.64 bits per heavy atom. The Hall–Kier alpha value is -1.23. The standard InChI is InChI=1S/C9H11NO3S/c1-14(12,13)7-5-9(11)8-4-2-3-6-10-8/h2-4,6H,5,7H2,1H3. The van der Waals surface area contributed by atoms with E-state index >= 15 is 0 Å². The molecule has 14 heavy (non-hydrogen) atoms. The molecule has 0 aliphatic rings. The lowest BCUT2D eigenvalue weighted by molar-refractivity contribution is 0.0984. The van der Waals surface area contributed by atoms with E-state index < -0.39 is 9.84 Å². The average Bonchev–Trinajstić information content (AvgIpc) is 2.14. The zero-order valence-corrected chi connectivity index (χ0v) is 8.62. The van der Waals surface area contributed by atoms with E-state index in [1.165, 1.54) is 6.20 Å². The summed E-state index contributed by atoms with van der Waals surface area (Å²) >= 11 is 0. The molecule has 0 spiro atoms. The number of nitrogens with zero attached hydrogens (tertiary/aromatic N) is 1. The third-order valence-electron chi connectivity index (χ3n) is 1.65. The van der Waals surface area contributed by atoms with Crippen LogP contribution in [0.25, 0.3) is 0 Å². The molecule has 5 heteroatoms. The predicted octanol–water partition coefficient (Wildman–Crippen LogP) is 0.699. The van der Waals surface area contributed by atoms with Crippen molar-refractivity contribution in [3.05, 3.63) is 30.1 Å². The van der Waals surface area contributed by atoms with E-state index in [0.29, 0.717) is 5.69 Å². The summed E-state index contributed by atoms with van der Waals surface area (Å²) in [5.41, 5.74) is 0.316. The zero-order valence-electron chi connectivity index (χ0n) is 7.80. The molecule has 0 unspecified atom stereocenters. The molecule has 1 aromatic rings. The van der Waals surface area contributed by atoms with Gasteiger partial charge in [-0.2, -0.15) is 0 Å². The third-order valence-corrected chi connectivity index (χ3v) is 2.60. The number of carbonyl (C=O) groups is 1. The number of rotatable bonds is 4. The molecule has 0 saturated heterocycles. The van der Waals surface area contributed by atoms with Crippen molar-refractivity contribution in [1.82, 2.24) is 4.98 Å². The molecule has 0 fully saturated rings. The Labute approximate surface area is 82.9 Å². The maximum absolute atomic E-state index is 11.4. The Balaban J connectivity index is 2.61. The molecule has 0 saturated carbocycles. The van der Waals surface area contributed by atoms with E-state index in [1.54, 1.807) is 18.2 Å². The van der Waals surface area contributed by atoms with Gasteiger partial charge in [-0.05, 0) is 12.1 Å². The first kappa shape index (κ1) is 10.8. The summed E-state index contributed by atoms with van der Waals surface area (Å²) in [4.78, 5) is 15.2. The normalized spacial score (nSPS) is 11.2. The molecule has 0 N–H and O–H groups in total. The SMILES string of the molecule is CS(=O)(=O)CCC(=O)c1ccccn1. The highest BCUT2D eigenvalue weighted by atomic mass is 32.2. The smallest absolute Gasteiger partial charge is 0.182 e. The molecule has 0 atom stereocenters. The van der Waals surface area contributed by atoms with Crippen molar-refractivity contribution >= 4 is 15.6 Å². The van der Waals surface area contributed by atoms with Crippen LogP contribution in [0.1, 0.15) is 16.9 Å². The summed E-state index contributed by atoms with van der Waals surface area (Å²) in [6.45, 7) is 0. The number of hydrogen-bond acceptors (Lipinski definition) is 4. The molecule has 1 heterocycles. The molecule has 0 bridgehead atoms. The summed E-state index contributed by atoms with van der Waals surface area (Å²) in [5, 5.41) is 0. The molecule has 0 aliphatic heterocycles. The van der Waals surface area contributed by atoms with E-state index in [2.05, 4.69) is 4.98 Å². The lowest BCUT2D eigenvalue weighted by atomic mass is 10.2. The van der Waals surface area contributed by atoms with Crippen LogP contribution in [-0.4, -0.2) is 31.2 Å². The molecular weight excluding hydrogens is 202 g/mol. The second-order valence-corrected chi connectivity index (χ2v) is 5.28. The zero-order chi connectivity index (χ0) is 10.6. The lowest BCUT2D eigenvalue weighted by Gasteiger charge is -1.98. The van der Waals surface area contributed by atoms with Gasteiger partial charge in [0.15, 0.2) is 5.78 Å². The van der Waals surface area contributed by atoms with Crippen LogP contribution < -0.4 is 0 Å². The number of aromatic nitrogens is 1. The molecule has 1 rings (SSSR count). The Morgan fingerprint density at radius 2 is 2.14 bits per heavy atom. The fourth-order valence-electron chi connectivity index (χ4n) is 0.934. The number of ketones is 1. The van der Waals surface area contributed by atoms with Crippen LogP contribution in [0, 0.1) is 0 Å². The maximum Gasteiger partial charge on any atom is 0.182 e. The fraction of sp³-hybridized carbons (Fsp3) is 0.333. The van der Waals surface area contributed by atoms with Gasteiger partial charge in [0.05, 0.1) is 5.75 Å². The molecule has 76 valence electrons. The minimum Gasteiger partial charge on any atom is -0.292 e. The molecule has 0 aliphatic carbocycles. The summed E-state index contributed by atoms with van der Waals surface area (Å²) in [6.07, 6.45) is 2.61. The first-order valence-corrected chi connectivity index (χ1v) is 6.17. The van der Waals surface area contributed by atoms with Crippen molar-refractivity contribution in [2.24, 2.45) is 0 Å². The largest absolute Gasteiger partial charge is 0.292 e. The Kier molecular flexibility index (Phi) is 3.35. The van der Waals surface area contributed by atoms with Gasteiger partial charge in [-0.25, -0.2) is 8.42 Å². The quantitative estimate of drug-likeness (QED) is 0.690. The van der Waals surface area contributed by atoms with Gasteiger partial charge in [0.2, 0.25) is 0 Å². The number of hydrogen-bond donors (Lipinski definition) is 0. The summed E-state index contributed by atoms with van der Waals surface area (Å²) in [7, 11) is -3.08. The molecule has 4 nitrogen and oxygen atoms in total. The van der Waals surface area contributed by atoms with Gasteiger partial charge in [0, 0.05) is 18.9 Å². The van der Waals surface area contributed by atoms with Crippen LogP contribution in [0.2, 0.25) is 0 Å². The van der Waals surface area contributed by atoms with Crippen LogP contribution in [0.15, 0.2) is 24.4 Å². The summed E-state index contributed by atoms with van der Waals surface area (Å²) in [5.74, 6) is -0.362. The van der Waals surface area contributed by atoms with Crippen molar-refractivity contribution in [2.45, 2.75) is 6.42 Å². The van der Waals surface area contributed by atoms with Crippen molar-refractivity contribution in [3.63, 3.8) is 0 Å². The van der Waals surface area contributed by atoms with Crippen LogP contribution in [0.3, 0.4) is 0 Å². The van der Waals surface area contributed by atoms with E-state index in [-0.39, 0.29) is 18.0 Å². The van der Waals surface area contributed by atoms with E-state index in [9.17, 15) is 13.2 Å². The second-order valence-electron chi connectivity index (χ2n) is 3.02. The van der Waals surface area contributed by atoms with Gasteiger partial charge in [-0.15, -0.1) is 0 Å². The van der Waals surface area contributed by atoms with E-state index in [1.807, 2.05) is 0 Å². The third kappa shape index (κ3) is 3.66. The Morgan fingerprint density at radius 1 is 1.43 bits per heavy atom. The van der Waals surface area contributed by atoms with Crippen molar-refractivity contribution in [3.8, 4) is 0 Å². The molecule has 0 amide bonds. The van der Waals surface area contributed by atoms with Crippen LogP contribution in [0.5, 0.6) is 0 Å². The van der Waals surface area contributed by atoms with Gasteiger partial charge in [-0.1, -0.05) is 6.07 Å². The highest BCUT2D eigenvalue weighted by Gasteiger charge is 2.10. The maximum atomic E-state index is 11.4. The first-order valence-electron chi connectivity index (χ1n) is 4.11. The van der Waals surface area contributed by atoms with Gasteiger partial charge in [0.1, 0.15) is 15.5 Å². The topological polar surface area (TPSA) is 64.1 Å². The van der Waals surface area contributed by atoms with Gasteiger partial charge in [-0.3, -0.25) is 9.78 Å². The van der Waals surface area contributed by atoms with Crippen LogP contribution in [0.4, 0.5) is 0 Å². The van der Waals surface area contributed by atoms with Gasteiger partial charge >= 0.3 is 0 Å². The van der Waals surface area contributed by atoms with Crippen LogP contribution >= 0.6 is 0 Å². The number of pyridine rings is 1. The van der Waals surface area contributed by atoms with E-state index in [4.69, 9.17) is 0 Å². The highest BCUT2D eigenvalue weighted by Crippen LogP contribution is 2.00. The minimum atomic E-state index is -3.08. The number of carbonyl (C=O) groups excluding carboxylic acids is 1. The number of Topliss-reactive ketones (excluding diaryl/α,β-unsaturated/α-hetero) is 1. The summed E-state index contributed by atoms with van der Waals surface area (Å²) in [6, 6.07) is 4.97. The molecule has 0 radical (unpaired) electrons. The fourth-order valence-corrected chi connectivity index (χ4v) is 1.49. The van der Waals surface area contributed by atoms with E-state index in [0.717, 1.165) is 6.26 Å². The Bertz CT molecular complexity index is 411. The van der Waals surface area contributed by atoms with Crippen molar-refractivity contribution < 1.29 is 13.2 Å². The highest BCUT2D eigenvalue weighted by molar-refractivity contribution is 7.90. The number of sulfone groups is 1. The molecular formula is C9H11NO3S. The van der Waals surface area contributed by atoms with Gasteiger partial charge < -0.3 is 0 Å².